The first-order valence-electron chi connectivity index (χ1n) is 10.4. The number of carbonyl (C=O) groups is 1. The van der Waals surface area contributed by atoms with Crippen LogP contribution in [0.3, 0.4) is 0 Å². The maximum Gasteiger partial charge on any atom is 0.321 e. The van der Waals surface area contributed by atoms with Gasteiger partial charge in [-0.1, -0.05) is 23.7 Å². The Kier molecular flexibility index (Phi) is 4.94. The van der Waals surface area contributed by atoms with Crippen molar-refractivity contribution in [1.82, 2.24) is 14.3 Å². The van der Waals surface area contributed by atoms with E-state index in [-0.39, 0.29) is 6.03 Å². The highest BCUT2D eigenvalue weighted by atomic mass is 35.5. The zero-order valence-corrected chi connectivity index (χ0v) is 18.4. The first-order valence-corrected chi connectivity index (χ1v) is 10.8. The lowest BCUT2D eigenvalue weighted by Gasteiger charge is -2.35. The van der Waals surface area contributed by atoms with Crippen molar-refractivity contribution in [3.05, 3.63) is 70.9 Å². The number of hydrogen-bond donors (Lipinski definition) is 1. The number of urea groups is 1. The lowest BCUT2D eigenvalue weighted by atomic mass is 10.1. The number of nitrogens with one attached hydrogen (secondary N) is 1. The first kappa shape index (κ1) is 19.7. The number of nitrogens with zero attached hydrogens (tertiary/aromatic N) is 4. The van der Waals surface area contributed by atoms with E-state index in [0.717, 1.165) is 46.7 Å². The topological polar surface area (TPSA) is 52.9 Å². The van der Waals surface area contributed by atoms with Crippen LogP contribution in [0.5, 0.6) is 0 Å². The molecule has 1 aliphatic heterocycles. The molecule has 7 heteroatoms. The summed E-state index contributed by atoms with van der Waals surface area (Å²) in [5.41, 5.74) is 6.09. The van der Waals surface area contributed by atoms with E-state index >= 15 is 0 Å². The summed E-state index contributed by atoms with van der Waals surface area (Å²) in [6.07, 6.45) is 2.05. The molecule has 1 N–H and O–H groups in total. The maximum absolute atomic E-state index is 12.8. The van der Waals surface area contributed by atoms with Crippen molar-refractivity contribution in [2.75, 3.05) is 36.4 Å². The van der Waals surface area contributed by atoms with Gasteiger partial charge < -0.3 is 19.5 Å². The van der Waals surface area contributed by atoms with Gasteiger partial charge in [0.25, 0.3) is 0 Å². The van der Waals surface area contributed by atoms with Gasteiger partial charge in [-0.3, -0.25) is 0 Å². The zero-order valence-electron chi connectivity index (χ0n) is 17.6. The number of hydrogen-bond acceptors (Lipinski definition) is 3. The Morgan fingerprint density at radius 2 is 1.81 bits per heavy atom. The Labute approximate surface area is 186 Å². The molecule has 5 rings (SSSR count). The predicted molar refractivity (Wildman–Crippen MR) is 126 cm³/mol. The summed E-state index contributed by atoms with van der Waals surface area (Å²) in [6.45, 7) is 6.80. The average Bonchev–Trinajstić information content (AvgIpc) is 3.26. The maximum atomic E-state index is 12.8. The molecule has 0 unspecified atom stereocenters. The van der Waals surface area contributed by atoms with E-state index < -0.39 is 0 Å². The molecular weight excluding hydrogens is 410 g/mol. The van der Waals surface area contributed by atoms with Crippen molar-refractivity contribution >= 4 is 45.7 Å². The van der Waals surface area contributed by atoms with Crippen LogP contribution in [0.4, 0.5) is 16.3 Å². The summed E-state index contributed by atoms with van der Waals surface area (Å²) in [7, 11) is 0. The number of halogens is 1. The molecule has 2 amide bonds. The molecular formula is C24H24ClN5O. The summed E-state index contributed by atoms with van der Waals surface area (Å²) < 4.78 is 2.15. The van der Waals surface area contributed by atoms with Gasteiger partial charge in [0, 0.05) is 43.1 Å². The van der Waals surface area contributed by atoms with Crippen LogP contribution in [0.15, 0.2) is 54.7 Å². The van der Waals surface area contributed by atoms with E-state index in [4.69, 9.17) is 16.6 Å². The minimum Gasteiger partial charge on any atom is -0.351 e. The molecule has 0 saturated carbocycles. The van der Waals surface area contributed by atoms with Crippen LogP contribution in [0.1, 0.15) is 11.1 Å². The van der Waals surface area contributed by atoms with Gasteiger partial charge in [-0.25, -0.2) is 9.78 Å². The van der Waals surface area contributed by atoms with E-state index in [1.807, 2.05) is 54.4 Å². The third kappa shape index (κ3) is 3.57. The predicted octanol–water partition coefficient (Wildman–Crippen LogP) is 5.11. The molecule has 0 aliphatic carbocycles. The fourth-order valence-electron chi connectivity index (χ4n) is 4.17. The third-order valence-corrected chi connectivity index (χ3v) is 6.35. The molecule has 0 spiro atoms. The second-order valence-electron chi connectivity index (χ2n) is 7.98. The Balaban J connectivity index is 1.35. The number of carbonyl (C=O) groups excluding carboxylic acids is 1. The molecule has 0 atom stereocenters. The highest BCUT2D eigenvalue weighted by Gasteiger charge is 2.24. The second kappa shape index (κ2) is 7.78. The van der Waals surface area contributed by atoms with Gasteiger partial charge in [-0.2, -0.15) is 0 Å². The van der Waals surface area contributed by atoms with Crippen molar-refractivity contribution in [1.29, 1.82) is 0 Å². The lowest BCUT2D eigenvalue weighted by molar-refractivity contribution is 0.208. The Hall–Kier alpha value is -3.25. The van der Waals surface area contributed by atoms with Gasteiger partial charge in [0.15, 0.2) is 5.82 Å². The van der Waals surface area contributed by atoms with Gasteiger partial charge in [-0.05, 0) is 61.4 Å². The molecule has 158 valence electrons. The minimum atomic E-state index is -0.0561. The number of piperazine rings is 1. The summed E-state index contributed by atoms with van der Waals surface area (Å²) in [5.74, 6) is 0.925. The summed E-state index contributed by atoms with van der Waals surface area (Å²) in [6, 6.07) is 15.8. The smallest absolute Gasteiger partial charge is 0.321 e. The van der Waals surface area contributed by atoms with Crippen LogP contribution in [-0.4, -0.2) is 46.5 Å². The van der Waals surface area contributed by atoms with Gasteiger partial charge in [0.1, 0.15) is 0 Å². The number of benzene rings is 2. The van der Waals surface area contributed by atoms with Crippen LogP contribution < -0.4 is 10.2 Å². The number of aryl methyl sites for hydroxylation is 1. The van der Waals surface area contributed by atoms with E-state index in [0.29, 0.717) is 18.1 Å². The quantitative estimate of drug-likeness (QED) is 0.477. The van der Waals surface area contributed by atoms with E-state index in [9.17, 15) is 4.79 Å². The Morgan fingerprint density at radius 3 is 2.61 bits per heavy atom. The average molecular weight is 434 g/mol. The number of anilines is 2. The van der Waals surface area contributed by atoms with Crippen molar-refractivity contribution in [3.8, 4) is 0 Å². The third-order valence-electron chi connectivity index (χ3n) is 6.11. The van der Waals surface area contributed by atoms with Crippen LogP contribution in [0.25, 0.3) is 16.6 Å². The van der Waals surface area contributed by atoms with Crippen LogP contribution in [0, 0.1) is 13.8 Å². The van der Waals surface area contributed by atoms with Gasteiger partial charge in [0.05, 0.1) is 16.6 Å². The van der Waals surface area contributed by atoms with E-state index in [1.54, 1.807) is 0 Å². The number of rotatable bonds is 2. The summed E-state index contributed by atoms with van der Waals surface area (Å²) in [4.78, 5) is 21.9. The van der Waals surface area contributed by atoms with Crippen LogP contribution in [0.2, 0.25) is 5.02 Å². The number of aromatic nitrogens is 2. The van der Waals surface area contributed by atoms with E-state index in [2.05, 4.69) is 33.7 Å². The van der Waals surface area contributed by atoms with Crippen molar-refractivity contribution in [3.63, 3.8) is 0 Å². The second-order valence-corrected chi connectivity index (χ2v) is 8.42. The number of fused-ring (bicyclic) bond motifs is 3. The van der Waals surface area contributed by atoms with Gasteiger partial charge in [-0.15, -0.1) is 0 Å². The molecule has 0 radical (unpaired) electrons. The van der Waals surface area contributed by atoms with Crippen molar-refractivity contribution < 1.29 is 4.79 Å². The first-order chi connectivity index (χ1) is 15.0. The van der Waals surface area contributed by atoms with Crippen molar-refractivity contribution in [2.45, 2.75) is 13.8 Å². The highest BCUT2D eigenvalue weighted by molar-refractivity contribution is 6.31. The molecule has 6 nitrogen and oxygen atoms in total. The molecule has 31 heavy (non-hydrogen) atoms. The standard InChI is InChI=1S/C24H24ClN5O/c1-16-5-3-6-19(17(16)2)27-24(31)29-13-11-28(12-14-29)23-22-7-4-10-30(22)21-9-8-18(25)15-20(21)26-23/h3-10,15H,11-14H2,1-2H3,(H,27,31). The molecule has 1 fully saturated rings. The molecule has 1 saturated heterocycles. The Morgan fingerprint density at radius 1 is 1.00 bits per heavy atom. The highest BCUT2D eigenvalue weighted by Crippen LogP contribution is 2.28. The largest absolute Gasteiger partial charge is 0.351 e. The van der Waals surface area contributed by atoms with Gasteiger partial charge in [0.2, 0.25) is 0 Å². The zero-order chi connectivity index (χ0) is 21.5. The minimum absolute atomic E-state index is 0.0561. The fraction of sp³-hybridized carbons (Fsp3) is 0.250. The normalized spacial score (nSPS) is 14.4. The summed E-state index contributed by atoms with van der Waals surface area (Å²) in [5, 5.41) is 3.74. The van der Waals surface area contributed by atoms with Crippen molar-refractivity contribution in [2.24, 2.45) is 0 Å². The molecule has 0 bridgehead atoms. The molecule has 3 heterocycles. The lowest BCUT2D eigenvalue weighted by Crippen LogP contribution is -2.50. The van der Waals surface area contributed by atoms with Gasteiger partial charge >= 0.3 is 6.03 Å². The SMILES string of the molecule is Cc1cccc(NC(=O)N2CCN(c3nc4cc(Cl)ccc4n4cccc34)CC2)c1C. The molecule has 2 aromatic heterocycles. The number of amides is 2. The fourth-order valence-corrected chi connectivity index (χ4v) is 4.34. The van der Waals surface area contributed by atoms with Crippen LogP contribution in [-0.2, 0) is 0 Å². The molecule has 4 aromatic rings. The van der Waals surface area contributed by atoms with E-state index in [1.165, 1.54) is 5.56 Å². The monoisotopic (exact) mass is 433 g/mol. The molecule has 2 aromatic carbocycles. The van der Waals surface area contributed by atoms with Crippen LogP contribution >= 0.6 is 11.6 Å². The molecule has 1 aliphatic rings. The summed E-state index contributed by atoms with van der Waals surface area (Å²) >= 11 is 6.21. The Bertz CT molecular complexity index is 1290.